The molecule has 7 nitrogen and oxygen atoms in total. The summed E-state index contributed by atoms with van der Waals surface area (Å²) in [7, 11) is 3.22. The number of amides is 1. The number of hydrogen-bond donors (Lipinski definition) is 1. The highest BCUT2D eigenvalue weighted by Crippen LogP contribution is 2.35. The number of carbonyl (C=O) groups is 1. The number of ether oxygens (including phenoxy) is 2. The molecule has 7 heteroatoms. The molecule has 1 saturated heterocycles. The predicted molar refractivity (Wildman–Crippen MR) is 105 cm³/mol. The van der Waals surface area contributed by atoms with Gasteiger partial charge in [-0.3, -0.25) is 4.79 Å². The van der Waals surface area contributed by atoms with Gasteiger partial charge in [0, 0.05) is 30.1 Å². The van der Waals surface area contributed by atoms with Crippen LogP contribution in [0.4, 0.5) is 5.82 Å². The Morgan fingerprint density at radius 2 is 1.89 bits per heavy atom. The average molecular weight is 372 g/mol. The maximum Gasteiger partial charge on any atom is 0.225 e. The largest absolute Gasteiger partial charge is 0.493 e. The van der Waals surface area contributed by atoms with Gasteiger partial charge in [-0.2, -0.15) is 0 Å². The number of nitrogens with one attached hydrogen (secondary N) is 1. The summed E-state index contributed by atoms with van der Waals surface area (Å²) in [6, 6.07) is 3.76. The highest BCUT2D eigenvalue weighted by atomic mass is 16.5. The van der Waals surface area contributed by atoms with E-state index in [0.29, 0.717) is 18.0 Å². The van der Waals surface area contributed by atoms with Crippen molar-refractivity contribution in [3.63, 3.8) is 0 Å². The first-order chi connectivity index (χ1) is 12.8. The van der Waals surface area contributed by atoms with Crippen molar-refractivity contribution in [1.82, 2.24) is 15.3 Å². The summed E-state index contributed by atoms with van der Waals surface area (Å²) in [5.74, 6) is 2.15. The lowest BCUT2D eigenvalue weighted by Crippen LogP contribution is -2.48. The third-order valence-electron chi connectivity index (χ3n) is 4.71. The van der Waals surface area contributed by atoms with Gasteiger partial charge >= 0.3 is 0 Å². The van der Waals surface area contributed by atoms with E-state index in [2.05, 4.69) is 20.2 Å². The number of rotatable bonds is 4. The van der Waals surface area contributed by atoms with E-state index in [1.54, 1.807) is 20.5 Å². The van der Waals surface area contributed by atoms with Crippen molar-refractivity contribution < 1.29 is 14.3 Å². The molecule has 1 atom stereocenters. The van der Waals surface area contributed by atoms with Crippen LogP contribution in [0.1, 0.15) is 33.6 Å². The Hall–Kier alpha value is -2.57. The average Bonchev–Trinajstić information content (AvgIpc) is 2.65. The van der Waals surface area contributed by atoms with Crippen molar-refractivity contribution in [1.29, 1.82) is 0 Å². The molecule has 1 amide bonds. The number of carbonyl (C=O) groups excluding carboxylic acids is 1. The second-order valence-corrected chi connectivity index (χ2v) is 7.95. The maximum absolute atomic E-state index is 12.6. The third-order valence-corrected chi connectivity index (χ3v) is 4.71. The molecule has 0 radical (unpaired) electrons. The summed E-state index contributed by atoms with van der Waals surface area (Å²) in [6.45, 7) is 7.51. The van der Waals surface area contributed by atoms with Crippen molar-refractivity contribution in [3.05, 3.63) is 18.5 Å². The fourth-order valence-electron chi connectivity index (χ4n) is 3.48. The van der Waals surface area contributed by atoms with Crippen LogP contribution >= 0.6 is 0 Å². The minimum absolute atomic E-state index is 0.0527. The van der Waals surface area contributed by atoms with Gasteiger partial charge < -0.3 is 19.7 Å². The number of aromatic nitrogens is 2. The molecule has 1 aromatic carbocycles. The van der Waals surface area contributed by atoms with E-state index < -0.39 is 0 Å². The molecule has 1 N–H and O–H groups in total. The smallest absolute Gasteiger partial charge is 0.225 e. The number of nitrogens with zero attached hydrogens (tertiary/aromatic N) is 3. The lowest BCUT2D eigenvalue weighted by molar-refractivity contribution is -0.126. The summed E-state index contributed by atoms with van der Waals surface area (Å²) >= 11 is 0. The van der Waals surface area contributed by atoms with Crippen LogP contribution < -0.4 is 19.7 Å². The van der Waals surface area contributed by atoms with Gasteiger partial charge in [0.2, 0.25) is 5.91 Å². The van der Waals surface area contributed by atoms with Crippen LogP contribution in [-0.4, -0.2) is 48.7 Å². The van der Waals surface area contributed by atoms with Crippen molar-refractivity contribution in [2.75, 3.05) is 32.2 Å². The molecule has 1 unspecified atom stereocenters. The minimum Gasteiger partial charge on any atom is -0.493 e. The highest BCUT2D eigenvalue weighted by Gasteiger charge is 2.29. The minimum atomic E-state index is -0.231. The monoisotopic (exact) mass is 372 g/mol. The molecule has 1 aliphatic rings. The van der Waals surface area contributed by atoms with E-state index in [1.807, 2.05) is 32.9 Å². The second kappa shape index (κ2) is 7.58. The number of benzene rings is 1. The zero-order valence-corrected chi connectivity index (χ0v) is 16.7. The maximum atomic E-state index is 12.6. The van der Waals surface area contributed by atoms with Crippen molar-refractivity contribution >= 4 is 22.6 Å². The summed E-state index contributed by atoms with van der Waals surface area (Å²) in [5.41, 5.74) is 0.559. The van der Waals surface area contributed by atoms with E-state index in [9.17, 15) is 4.79 Å². The van der Waals surface area contributed by atoms with Gasteiger partial charge in [-0.1, -0.05) is 0 Å². The first-order valence-corrected chi connectivity index (χ1v) is 9.26. The van der Waals surface area contributed by atoms with E-state index in [-0.39, 0.29) is 17.4 Å². The molecule has 0 bridgehead atoms. The van der Waals surface area contributed by atoms with E-state index >= 15 is 0 Å². The number of piperidine rings is 1. The summed E-state index contributed by atoms with van der Waals surface area (Å²) in [4.78, 5) is 23.7. The fourth-order valence-corrected chi connectivity index (χ4v) is 3.48. The molecule has 1 aromatic heterocycles. The molecule has 1 fully saturated rings. The molecule has 27 heavy (non-hydrogen) atoms. The van der Waals surface area contributed by atoms with Crippen LogP contribution in [0.5, 0.6) is 11.5 Å². The molecule has 3 rings (SSSR count). The van der Waals surface area contributed by atoms with Crippen LogP contribution in [0.2, 0.25) is 0 Å². The summed E-state index contributed by atoms with van der Waals surface area (Å²) in [6.07, 6.45) is 3.39. The number of hydrogen-bond acceptors (Lipinski definition) is 6. The Balaban J connectivity index is 1.91. The quantitative estimate of drug-likeness (QED) is 0.889. The Morgan fingerprint density at radius 1 is 1.19 bits per heavy atom. The molecule has 1 aliphatic heterocycles. The molecule has 146 valence electrons. The van der Waals surface area contributed by atoms with Crippen molar-refractivity contribution in [3.8, 4) is 11.5 Å². The van der Waals surface area contributed by atoms with Crippen molar-refractivity contribution in [2.24, 2.45) is 5.92 Å². The first-order valence-electron chi connectivity index (χ1n) is 9.26. The predicted octanol–water partition coefficient (Wildman–Crippen LogP) is 2.78. The van der Waals surface area contributed by atoms with Gasteiger partial charge in [0.05, 0.1) is 25.7 Å². The lowest BCUT2D eigenvalue weighted by Gasteiger charge is -2.34. The molecule has 0 aliphatic carbocycles. The van der Waals surface area contributed by atoms with Crippen LogP contribution in [-0.2, 0) is 4.79 Å². The lowest BCUT2D eigenvalue weighted by atomic mass is 9.95. The van der Waals surface area contributed by atoms with Gasteiger partial charge in [0.25, 0.3) is 0 Å². The van der Waals surface area contributed by atoms with E-state index in [0.717, 1.165) is 36.1 Å². The van der Waals surface area contributed by atoms with Crippen LogP contribution in [0, 0.1) is 5.92 Å². The van der Waals surface area contributed by atoms with E-state index in [1.165, 1.54) is 0 Å². The number of anilines is 1. The third kappa shape index (κ3) is 4.23. The summed E-state index contributed by atoms with van der Waals surface area (Å²) < 4.78 is 10.8. The zero-order chi connectivity index (χ0) is 19.6. The van der Waals surface area contributed by atoms with Crippen molar-refractivity contribution in [2.45, 2.75) is 39.2 Å². The Morgan fingerprint density at radius 3 is 2.56 bits per heavy atom. The molecule has 2 aromatic rings. The van der Waals surface area contributed by atoms with Gasteiger partial charge in [-0.05, 0) is 39.7 Å². The van der Waals surface area contributed by atoms with Crippen LogP contribution in [0.3, 0.4) is 0 Å². The van der Waals surface area contributed by atoms with Crippen LogP contribution in [0.15, 0.2) is 18.5 Å². The Kier molecular flexibility index (Phi) is 5.39. The van der Waals surface area contributed by atoms with Gasteiger partial charge in [0.1, 0.15) is 12.1 Å². The topological polar surface area (TPSA) is 76.6 Å². The van der Waals surface area contributed by atoms with E-state index in [4.69, 9.17) is 9.47 Å². The SMILES string of the molecule is COc1cc2ncnc(N3CCCC(C(=O)NC(C)(C)C)C3)c2cc1OC. The van der Waals surface area contributed by atoms with Gasteiger partial charge in [-0.15, -0.1) is 0 Å². The number of fused-ring (bicyclic) bond motifs is 1. The highest BCUT2D eigenvalue weighted by molar-refractivity contribution is 5.92. The number of methoxy groups -OCH3 is 2. The molecule has 0 saturated carbocycles. The molecular weight excluding hydrogens is 344 g/mol. The Bertz CT molecular complexity index is 832. The molecule has 2 heterocycles. The fraction of sp³-hybridized carbons (Fsp3) is 0.550. The summed E-state index contributed by atoms with van der Waals surface area (Å²) in [5, 5.41) is 3.99. The Labute approximate surface area is 160 Å². The van der Waals surface area contributed by atoms with Gasteiger partial charge in [-0.25, -0.2) is 9.97 Å². The van der Waals surface area contributed by atoms with Crippen LogP contribution in [0.25, 0.3) is 10.9 Å². The zero-order valence-electron chi connectivity index (χ0n) is 16.7. The molecular formula is C20H28N4O3. The second-order valence-electron chi connectivity index (χ2n) is 7.95. The van der Waals surface area contributed by atoms with Gasteiger partial charge in [0.15, 0.2) is 11.5 Å². The normalized spacial score (nSPS) is 17.7. The molecule has 0 spiro atoms. The standard InChI is InChI=1S/C20H28N4O3/c1-20(2,3)23-19(25)13-7-6-8-24(11-13)18-14-9-16(26-4)17(27-5)10-15(14)21-12-22-18/h9-10,12-13H,6-8,11H2,1-5H3,(H,23,25). The first kappa shape index (κ1) is 19.2.